The Morgan fingerprint density at radius 1 is 1.07 bits per heavy atom. The molecule has 1 amide bonds. The van der Waals surface area contributed by atoms with Crippen LogP contribution in [0.25, 0.3) is 11.3 Å². The number of anilines is 1. The summed E-state index contributed by atoms with van der Waals surface area (Å²) in [5, 5.41) is 6.02. The van der Waals surface area contributed by atoms with Crippen molar-refractivity contribution in [1.82, 2.24) is 4.98 Å². The Morgan fingerprint density at radius 3 is 2.46 bits per heavy atom. The largest absolute Gasteiger partial charge is 0.494 e. The van der Waals surface area contributed by atoms with E-state index in [0.29, 0.717) is 36.2 Å². The molecule has 0 atom stereocenters. The van der Waals surface area contributed by atoms with E-state index >= 15 is 0 Å². The SMILES string of the molecule is CCOc1ccc(-c2csc(NC(=O)CCCOc3ccc(Cl)cc3)n2)cc1. The Kier molecular flexibility index (Phi) is 7.28. The number of benzene rings is 2. The maximum atomic E-state index is 12.1. The maximum absolute atomic E-state index is 12.1. The van der Waals surface area contributed by atoms with E-state index in [2.05, 4.69) is 10.3 Å². The van der Waals surface area contributed by atoms with Gasteiger partial charge in [0.2, 0.25) is 5.91 Å². The number of ether oxygens (including phenoxy) is 2. The molecule has 0 spiro atoms. The summed E-state index contributed by atoms with van der Waals surface area (Å²) in [6.45, 7) is 3.05. The van der Waals surface area contributed by atoms with Crippen LogP contribution < -0.4 is 14.8 Å². The van der Waals surface area contributed by atoms with Gasteiger partial charge in [-0.2, -0.15) is 0 Å². The number of carbonyl (C=O) groups excluding carboxylic acids is 1. The molecular weight excluding hydrogens is 396 g/mol. The topological polar surface area (TPSA) is 60.5 Å². The summed E-state index contributed by atoms with van der Waals surface area (Å²) < 4.78 is 11.0. The van der Waals surface area contributed by atoms with Crippen LogP contribution in [0.15, 0.2) is 53.9 Å². The van der Waals surface area contributed by atoms with Gasteiger partial charge in [0.15, 0.2) is 5.13 Å². The van der Waals surface area contributed by atoms with Gasteiger partial charge in [-0.05, 0) is 61.9 Å². The van der Waals surface area contributed by atoms with Gasteiger partial charge in [-0.1, -0.05) is 11.6 Å². The van der Waals surface area contributed by atoms with Crippen LogP contribution in [0.4, 0.5) is 5.13 Å². The Hall–Kier alpha value is -2.57. The summed E-state index contributed by atoms with van der Waals surface area (Å²) in [4.78, 5) is 16.6. The molecule has 3 rings (SSSR count). The molecule has 1 N–H and O–H groups in total. The molecular formula is C21H21ClN2O3S. The van der Waals surface area contributed by atoms with Crippen molar-refractivity contribution in [2.75, 3.05) is 18.5 Å². The summed E-state index contributed by atoms with van der Waals surface area (Å²) in [6, 6.07) is 14.9. The molecule has 146 valence electrons. The smallest absolute Gasteiger partial charge is 0.226 e. The number of aromatic nitrogens is 1. The average Bonchev–Trinajstić information content (AvgIpc) is 3.16. The van der Waals surface area contributed by atoms with Gasteiger partial charge in [0.05, 0.1) is 18.9 Å². The molecule has 7 heteroatoms. The van der Waals surface area contributed by atoms with Crippen molar-refractivity contribution in [3.63, 3.8) is 0 Å². The monoisotopic (exact) mass is 416 g/mol. The predicted octanol–water partition coefficient (Wildman–Crippen LogP) is 5.66. The Bertz CT molecular complexity index is 895. The number of thiazole rings is 1. The van der Waals surface area contributed by atoms with E-state index in [1.807, 2.05) is 36.6 Å². The van der Waals surface area contributed by atoms with E-state index in [0.717, 1.165) is 22.8 Å². The molecule has 1 aromatic heterocycles. The van der Waals surface area contributed by atoms with Crippen LogP contribution in [-0.2, 0) is 4.79 Å². The second-order valence-corrected chi connectivity index (χ2v) is 7.24. The van der Waals surface area contributed by atoms with Gasteiger partial charge in [0.25, 0.3) is 0 Å². The molecule has 0 aliphatic rings. The second kappa shape index (κ2) is 10.1. The van der Waals surface area contributed by atoms with Crippen LogP contribution in [0.2, 0.25) is 5.02 Å². The average molecular weight is 417 g/mol. The fourth-order valence-electron chi connectivity index (χ4n) is 2.49. The van der Waals surface area contributed by atoms with Crippen LogP contribution in [0.5, 0.6) is 11.5 Å². The highest BCUT2D eigenvalue weighted by molar-refractivity contribution is 7.14. The van der Waals surface area contributed by atoms with Crippen molar-refractivity contribution in [2.24, 2.45) is 0 Å². The van der Waals surface area contributed by atoms with E-state index in [9.17, 15) is 4.79 Å². The highest BCUT2D eigenvalue weighted by Crippen LogP contribution is 2.26. The van der Waals surface area contributed by atoms with Gasteiger partial charge in [0.1, 0.15) is 11.5 Å². The van der Waals surface area contributed by atoms with Gasteiger partial charge in [-0.15, -0.1) is 11.3 Å². The molecule has 0 aliphatic heterocycles. The highest BCUT2D eigenvalue weighted by Gasteiger charge is 2.08. The van der Waals surface area contributed by atoms with Crippen LogP contribution in [-0.4, -0.2) is 24.1 Å². The lowest BCUT2D eigenvalue weighted by Gasteiger charge is -2.06. The minimum absolute atomic E-state index is 0.0766. The van der Waals surface area contributed by atoms with E-state index in [4.69, 9.17) is 21.1 Å². The molecule has 0 saturated heterocycles. The van der Waals surface area contributed by atoms with Crippen molar-refractivity contribution >= 4 is 34.0 Å². The lowest BCUT2D eigenvalue weighted by Crippen LogP contribution is -2.12. The molecule has 0 aliphatic carbocycles. The Labute approximate surface area is 173 Å². The predicted molar refractivity (Wildman–Crippen MR) is 114 cm³/mol. The van der Waals surface area contributed by atoms with Gasteiger partial charge in [-0.25, -0.2) is 4.98 Å². The number of carbonyl (C=O) groups is 1. The molecule has 1 heterocycles. The maximum Gasteiger partial charge on any atom is 0.226 e. The first-order valence-corrected chi connectivity index (χ1v) is 10.3. The minimum atomic E-state index is -0.0766. The van der Waals surface area contributed by atoms with Gasteiger partial charge in [0, 0.05) is 22.4 Å². The van der Waals surface area contributed by atoms with E-state index < -0.39 is 0 Å². The van der Waals surface area contributed by atoms with Gasteiger partial charge < -0.3 is 14.8 Å². The summed E-state index contributed by atoms with van der Waals surface area (Å²) in [5.41, 5.74) is 1.81. The Balaban J connectivity index is 1.43. The zero-order valence-corrected chi connectivity index (χ0v) is 17.1. The first-order chi connectivity index (χ1) is 13.6. The number of rotatable bonds is 9. The standard InChI is InChI=1S/C21H21ClN2O3S/c1-2-26-17-9-5-15(6-10-17)19-14-28-21(23-19)24-20(25)4-3-13-27-18-11-7-16(22)8-12-18/h5-12,14H,2-4,13H2,1H3,(H,23,24,25). The van der Waals surface area contributed by atoms with E-state index in [-0.39, 0.29) is 5.91 Å². The molecule has 0 saturated carbocycles. The number of nitrogens with zero attached hydrogens (tertiary/aromatic N) is 1. The summed E-state index contributed by atoms with van der Waals surface area (Å²) in [7, 11) is 0. The third-order valence-electron chi connectivity index (χ3n) is 3.84. The first kappa shape index (κ1) is 20.2. The number of hydrogen-bond acceptors (Lipinski definition) is 5. The molecule has 28 heavy (non-hydrogen) atoms. The van der Waals surface area contributed by atoms with Crippen LogP contribution in [0.3, 0.4) is 0 Å². The van der Waals surface area contributed by atoms with E-state index in [1.165, 1.54) is 11.3 Å². The fraction of sp³-hybridized carbons (Fsp3) is 0.238. The number of halogens is 1. The second-order valence-electron chi connectivity index (χ2n) is 5.95. The van der Waals surface area contributed by atoms with Crippen molar-refractivity contribution < 1.29 is 14.3 Å². The van der Waals surface area contributed by atoms with Gasteiger partial charge in [-0.3, -0.25) is 4.79 Å². The zero-order valence-electron chi connectivity index (χ0n) is 15.5. The number of nitrogens with one attached hydrogen (secondary N) is 1. The molecule has 5 nitrogen and oxygen atoms in total. The summed E-state index contributed by atoms with van der Waals surface area (Å²) >= 11 is 7.24. The normalized spacial score (nSPS) is 10.5. The fourth-order valence-corrected chi connectivity index (χ4v) is 3.35. The van der Waals surface area contributed by atoms with E-state index in [1.54, 1.807) is 24.3 Å². The van der Waals surface area contributed by atoms with Crippen molar-refractivity contribution in [3.8, 4) is 22.8 Å². The molecule has 0 bridgehead atoms. The Morgan fingerprint density at radius 2 is 1.75 bits per heavy atom. The molecule has 0 unspecified atom stereocenters. The third kappa shape index (κ3) is 5.97. The zero-order chi connectivity index (χ0) is 19.8. The quantitative estimate of drug-likeness (QED) is 0.457. The molecule has 2 aromatic carbocycles. The first-order valence-electron chi connectivity index (χ1n) is 9.01. The van der Waals surface area contributed by atoms with Crippen LogP contribution in [0.1, 0.15) is 19.8 Å². The lowest BCUT2D eigenvalue weighted by atomic mass is 10.2. The number of hydrogen-bond donors (Lipinski definition) is 1. The minimum Gasteiger partial charge on any atom is -0.494 e. The third-order valence-corrected chi connectivity index (χ3v) is 4.85. The van der Waals surface area contributed by atoms with Crippen molar-refractivity contribution in [2.45, 2.75) is 19.8 Å². The molecule has 0 fully saturated rings. The van der Waals surface area contributed by atoms with Crippen molar-refractivity contribution in [1.29, 1.82) is 0 Å². The molecule has 3 aromatic rings. The summed E-state index contributed by atoms with van der Waals surface area (Å²) in [6.07, 6.45) is 0.983. The lowest BCUT2D eigenvalue weighted by molar-refractivity contribution is -0.116. The number of amides is 1. The molecule has 0 radical (unpaired) electrons. The van der Waals surface area contributed by atoms with Gasteiger partial charge >= 0.3 is 0 Å². The summed E-state index contributed by atoms with van der Waals surface area (Å²) in [5.74, 6) is 1.49. The van der Waals surface area contributed by atoms with Crippen LogP contribution in [0, 0.1) is 0 Å². The highest BCUT2D eigenvalue weighted by atomic mass is 35.5. The van der Waals surface area contributed by atoms with Crippen molar-refractivity contribution in [3.05, 3.63) is 58.9 Å². The van der Waals surface area contributed by atoms with Crippen LogP contribution >= 0.6 is 22.9 Å².